The molecule has 1 unspecified atom stereocenters. The molecule has 3 aromatic rings. The van der Waals surface area contributed by atoms with Gasteiger partial charge in [-0.15, -0.1) is 0 Å². The first-order valence-corrected chi connectivity index (χ1v) is 12.7. The molecule has 0 radical (unpaired) electrons. The van der Waals surface area contributed by atoms with Crippen molar-refractivity contribution in [1.29, 1.82) is 0 Å². The topological polar surface area (TPSA) is 130 Å². The summed E-state index contributed by atoms with van der Waals surface area (Å²) in [6.45, 7) is 0. The number of thioether (sulfide) groups is 1. The zero-order valence-corrected chi connectivity index (χ0v) is 18.6. The van der Waals surface area contributed by atoms with Crippen molar-refractivity contribution < 1.29 is 18.0 Å². The summed E-state index contributed by atoms with van der Waals surface area (Å²) in [6.07, 6.45) is 0.348. The highest BCUT2D eigenvalue weighted by molar-refractivity contribution is 7.99. The monoisotopic (exact) mass is 471 g/mol. The van der Waals surface area contributed by atoms with E-state index in [0.717, 1.165) is 28.4 Å². The van der Waals surface area contributed by atoms with E-state index < -0.39 is 27.8 Å². The number of benzene rings is 2. The number of sulfone groups is 1. The Labute approximate surface area is 189 Å². The number of imide groups is 1. The lowest BCUT2D eigenvalue weighted by Gasteiger charge is -2.12. The van der Waals surface area contributed by atoms with Crippen molar-refractivity contribution >= 4 is 55.9 Å². The van der Waals surface area contributed by atoms with Crippen LogP contribution in [-0.2, 0) is 14.6 Å². The molecule has 0 spiro atoms. The number of hydrogen-bond acceptors (Lipinski definition) is 8. The number of carbonyl (C=O) groups excluding carboxylic acids is 2. The second kappa shape index (κ2) is 9.53. The molecule has 11 heteroatoms. The third-order valence-corrected chi connectivity index (χ3v) is 7.39. The van der Waals surface area contributed by atoms with Gasteiger partial charge in [-0.25, -0.2) is 23.2 Å². The summed E-state index contributed by atoms with van der Waals surface area (Å²) in [7, 11) is -3.11. The van der Waals surface area contributed by atoms with Crippen molar-refractivity contribution in [3.8, 4) is 0 Å². The first kappa shape index (κ1) is 22.0. The number of urea groups is 1. The van der Waals surface area contributed by atoms with Gasteiger partial charge in [0.05, 0.1) is 22.8 Å². The molecule has 1 aliphatic heterocycles. The first-order valence-electron chi connectivity index (χ1n) is 9.90. The lowest BCUT2D eigenvalue weighted by molar-refractivity contribution is -0.117. The molecule has 9 nitrogen and oxygen atoms in total. The average molecular weight is 472 g/mol. The molecule has 2 aromatic carbocycles. The molecule has 1 fully saturated rings. The number of fused-ring (bicyclic) bond motifs is 1. The van der Waals surface area contributed by atoms with E-state index >= 15 is 0 Å². The van der Waals surface area contributed by atoms with Gasteiger partial charge in [0, 0.05) is 17.1 Å². The van der Waals surface area contributed by atoms with Crippen molar-refractivity contribution in [3.05, 3.63) is 54.6 Å². The number of nitrogens with one attached hydrogen (secondary N) is 3. The summed E-state index contributed by atoms with van der Waals surface area (Å²) >= 11 is 1.10. The molecule has 1 aliphatic rings. The standard InChI is InChI=1S/C21H21N5O4S2/c27-18(25-20(28)23-15-10-11-32(29,30)13-15)12-31-21-24-17-9-5-4-8-16(17)19(26-21)22-14-6-2-1-3-7-14/h1-9,15H,10-13H2,(H,22,24,26)(H2,23,25,27,28). The Morgan fingerprint density at radius 1 is 1.03 bits per heavy atom. The first-order chi connectivity index (χ1) is 15.4. The van der Waals surface area contributed by atoms with Gasteiger partial charge in [0.15, 0.2) is 15.0 Å². The quantitative estimate of drug-likeness (QED) is 0.369. The number of aromatic nitrogens is 2. The maximum absolute atomic E-state index is 12.2. The number of amides is 3. The highest BCUT2D eigenvalue weighted by atomic mass is 32.2. The van der Waals surface area contributed by atoms with E-state index in [4.69, 9.17) is 0 Å². The highest BCUT2D eigenvalue weighted by Crippen LogP contribution is 2.26. The van der Waals surface area contributed by atoms with E-state index in [1.807, 2.05) is 54.6 Å². The third-order valence-electron chi connectivity index (χ3n) is 4.77. The number of carbonyl (C=O) groups is 2. The smallest absolute Gasteiger partial charge is 0.321 e. The van der Waals surface area contributed by atoms with Crippen LogP contribution in [0, 0.1) is 0 Å². The molecule has 166 valence electrons. The molecule has 0 bridgehead atoms. The van der Waals surface area contributed by atoms with Crippen LogP contribution in [0.15, 0.2) is 59.8 Å². The second-order valence-electron chi connectivity index (χ2n) is 7.27. The van der Waals surface area contributed by atoms with Crippen LogP contribution in [0.2, 0.25) is 0 Å². The predicted octanol–water partition coefficient (Wildman–Crippen LogP) is 2.48. The fourth-order valence-electron chi connectivity index (χ4n) is 3.30. The van der Waals surface area contributed by atoms with Gasteiger partial charge in [0.1, 0.15) is 5.82 Å². The van der Waals surface area contributed by atoms with Crippen LogP contribution in [0.4, 0.5) is 16.3 Å². The second-order valence-corrected chi connectivity index (χ2v) is 10.4. The molecule has 32 heavy (non-hydrogen) atoms. The Morgan fingerprint density at radius 3 is 2.53 bits per heavy atom. The lowest BCUT2D eigenvalue weighted by atomic mass is 10.2. The number of rotatable bonds is 6. The lowest BCUT2D eigenvalue weighted by Crippen LogP contribution is -2.45. The van der Waals surface area contributed by atoms with Gasteiger partial charge < -0.3 is 10.6 Å². The van der Waals surface area contributed by atoms with Gasteiger partial charge >= 0.3 is 6.03 Å². The Kier molecular flexibility index (Phi) is 6.56. The van der Waals surface area contributed by atoms with E-state index in [9.17, 15) is 18.0 Å². The van der Waals surface area contributed by atoms with Gasteiger partial charge in [0.25, 0.3) is 0 Å². The molecule has 4 rings (SSSR count). The Morgan fingerprint density at radius 2 is 1.78 bits per heavy atom. The van der Waals surface area contributed by atoms with Crippen LogP contribution < -0.4 is 16.0 Å². The molecule has 0 saturated carbocycles. The van der Waals surface area contributed by atoms with Crippen molar-refractivity contribution in [2.24, 2.45) is 0 Å². The number of anilines is 2. The Hall–Kier alpha value is -3.18. The van der Waals surface area contributed by atoms with Gasteiger partial charge in [-0.3, -0.25) is 10.1 Å². The SMILES string of the molecule is O=C(CSc1nc(Nc2ccccc2)c2ccccc2n1)NC(=O)NC1CCS(=O)(=O)C1. The van der Waals surface area contributed by atoms with Crippen LogP contribution in [0.1, 0.15) is 6.42 Å². The van der Waals surface area contributed by atoms with Crippen LogP contribution in [0.3, 0.4) is 0 Å². The number of nitrogens with zero attached hydrogens (tertiary/aromatic N) is 2. The van der Waals surface area contributed by atoms with Crippen molar-refractivity contribution in [2.45, 2.75) is 17.6 Å². The zero-order valence-electron chi connectivity index (χ0n) is 16.9. The molecular weight excluding hydrogens is 450 g/mol. The molecule has 1 saturated heterocycles. The van der Waals surface area contributed by atoms with E-state index in [1.54, 1.807) is 0 Å². The van der Waals surface area contributed by atoms with Crippen molar-refractivity contribution in [2.75, 3.05) is 22.6 Å². The normalized spacial score (nSPS) is 17.1. The summed E-state index contributed by atoms with van der Waals surface area (Å²) in [4.78, 5) is 33.2. The van der Waals surface area contributed by atoms with E-state index in [1.165, 1.54) is 0 Å². The van der Waals surface area contributed by atoms with Crippen LogP contribution in [0.5, 0.6) is 0 Å². The molecule has 1 atom stereocenters. The third kappa shape index (κ3) is 5.74. The predicted molar refractivity (Wildman–Crippen MR) is 124 cm³/mol. The Balaban J connectivity index is 1.39. The summed E-state index contributed by atoms with van der Waals surface area (Å²) in [5.41, 5.74) is 1.60. The highest BCUT2D eigenvalue weighted by Gasteiger charge is 2.29. The van der Waals surface area contributed by atoms with Crippen molar-refractivity contribution in [3.63, 3.8) is 0 Å². The minimum Gasteiger partial charge on any atom is -0.340 e. The van der Waals surface area contributed by atoms with Crippen LogP contribution in [-0.4, -0.2) is 53.6 Å². The summed E-state index contributed by atoms with van der Waals surface area (Å²) in [5, 5.41) is 9.25. The van der Waals surface area contributed by atoms with Gasteiger partial charge in [-0.1, -0.05) is 42.1 Å². The minimum atomic E-state index is -3.11. The summed E-state index contributed by atoms with van der Waals surface area (Å²) in [6, 6.07) is 16.0. The summed E-state index contributed by atoms with van der Waals surface area (Å²) in [5.74, 6) is -0.0432. The molecule has 3 N–H and O–H groups in total. The van der Waals surface area contributed by atoms with E-state index in [-0.39, 0.29) is 17.3 Å². The molecule has 3 amide bonds. The maximum Gasteiger partial charge on any atom is 0.321 e. The molecule has 0 aliphatic carbocycles. The summed E-state index contributed by atoms with van der Waals surface area (Å²) < 4.78 is 23.0. The fourth-order valence-corrected chi connectivity index (χ4v) is 5.62. The molecule has 2 heterocycles. The molecular formula is C21H21N5O4S2. The van der Waals surface area contributed by atoms with Crippen LogP contribution in [0.25, 0.3) is 10.9 Å². The largest absolute Gasteiger partial charge is 0.340 e. The maximum atomic E-state index is 12.2. The van der Waals surface area contributed by atoms with Crippen molar-refractivity contribution in [1.82, 2.24) is 20.6 Å². The number of hydrogen-bond donors (Lipinski definition) is 3. The molecule has 1 aromatic heterocycles. The van der Waals surface area contributed by atoms with Gasteiger partial charge in [0.2, 0.25) is 5.91 Å². The zero-order chi connectivity index (χ0) is 22.6. The fraction of sp³-hybridized carbons (Fsp3) is 0.238. The Bertz CT molecular complexity index is 1250. The van der Waals surface area contributed by atoms with E-state index in [0.29, 0.717) is 17.4 Å². The number of para-hydroxylation sites is 2. The van der Waals surface area contributed by atoms with E-state index in [2.05, 4.69) is 25.9 Å². The van der Waals surface area contributed by atoms with Crippen LogP contribution >= 0.6 is 11.8 Å². The van der Waals surface area contributed by atoms with Gasteiger partial charge in [-0.2, -0.15) is 0 Å². The van der Waals surface area contributed by atoms with Gasteiger partial charge in [-0.05, 0) is 30.7 Å². The minimum absolute atomic E-state index is 0.0421. The average Bonchev–Trinajstić information content (AvgIpc) is 3.11.